The zero-order valence-corrected chi connectivity index (χ0v) is 18.1. The molecule has 2 aromatic carbocycles. The Hall–Kier alpha value is -2.23. The largest absolute Gasteiger partial charge is 0.273 e. The topological polar surface area (TPSA) is 95.6 Å². The number of carbonyl (C=O) groups is 2. The van der Waals surface area contributed by atoms with E-state index in [1.165, 1.54) is 28.6 Å². The summed E-state index contributed by atoms with van der Waals surface area (Å²) in [6, 6.07) is 13.4. The van der Waals surface area contributed by atoms with Crippen LogP contribution in [0.4, 0.5) is 0 Å². The van der Waals surface area contributed by atoms with Crippen molar-refractivity contribution in [3.05, 3.63) is 64.1 Å². The predicted octanol–water partition coefficient (Wildman–Crippen LogP) is 2.63. The first-order valence-electron chi connectivity index (χ1n) is 9.30. The Bertz CT molecular complexity index is 987. The monoisotopic (exact) mass is 479 g/mol. The number of rotatable bonds is 6. The number of carbonyl (C=O) groups excluding carboxylic acids is 2. The zero-order chi connectivity index (χ0) is 20.9. The van der Waals surface area contributed by atoms with Crippen molar-refractivity contribution in [2.75, 3.05) is 13.1 Å². The van der Waals surface area contributed by atoms with Crippen molar-refractivity contribution in [3.63, 3.8) is 0 Å². The molecule has 2 amide bonds. The van der Waals surface area contributed by atoms with Gasteiger partial charge < -0.3 is 0 Å². The number of hydrogen-bond acceptors (Lipinski definition) is 4. The van der Waals surface area contributed by atoms with Gasteiger partial charge in [-0.1, -0.05) is 28.1 Å². The van der Waals surface area contributed by atoms with Gasteiger partial charge in [0, 0.05) is 29.5 Å². The van der Waals surface area contributed by atoms with Gasteiger partial charge in [0.2, 0.25) is 15.9 Å². The quantitative estimate of drug-likeness (QED) is 0.622. The average Bonchev–Trinajstić information content (AvgIpc) is 3.26. The van der Waals surface area contributed by atoms with E-state index in [0.717, 1.165) is 22.9 Å². The number of hydrogen-bond donors (Lipinski definition) is 2. The van der Waals surface area contributed by atoms with E-state index < -0.39 is 15.9 Å². The standard InChI is InChI=1S/C20H22BrN3O4S/c21-17-5-3-4-15(14-17)6-11-19(25)22-23-20(26)16-7-9-18(10-8-16)29(27,28)24-12-1-2-13-24/h3-5,7-10,14H,1-2,6,11-13H2,(H,22,25)(H,23,26). The molecule has 0 radical (unpaired) electrons. The molecular weight excluding hydrogens is 458 g/mol. The van der Waals surface area contributed by atoms with E-state index in [-0.39, 0.29) is 22.8 Å². The van der Waals surface area contributed by atoms with Crippen LogP contribution in [0.25, 0.3) is 0 Å². The fraction of sp³-hybridized carbons (Fsp3) is 0.300. The van der Waals surface area contributed by atoms with E-state index in [4.69, 9.17) is 0 Å². The molecule has 29 heavy (non-hydrogen) atoms. The SMILES string of the molecule is O=C(CCc1cccc(Br)c1)NNC(=O)c1ccc(S(=O)(=O)N2CCCC2)cc1. The highest BCUT2D eigenvalue weighted by molar-refractivity contribution is 9.10. The van der Waals surface area contributed by atoms with Crippen LogP contribution in [0.2, 0.25) is 0 Å². The molecule has 0 atom stereocenters. The molecule has 1 heterocycles. The van der Waals surface area contributed by atoms with Gasteiger partial charge in [-0.3, -0.25) is 20.4 Å². The highest BCUT2D eigenvalue weighted by Crippen LogP contribution is 2.21. The number of nitrogens with zero attached hydrogens (tertiary/aromatic N) is 1. The third kappa shape index (κ3) is 5.65. The molecule has 2 N–H and O–H groups in total. The third-order valence-corrected chi connectivity index (χ3v) is 7.07. The number of halogens is 1. The maximum Gasteiger partial charge on any atom is 0.269 e. The highest BCUT2D eigenvalue weighted by atomic mass is 79.9. The Labute approximate surface area is 178 Å². The van der Waals surface area contributed by atoms with Gasteiger partial charge in [-0.2, -0.15) is 4.31 Å². The lowest BCUT2D eigenvalue weighted by molar-refractivity contribution is -0.121. The molecule has 0 spiro atoms. The fourth-order valence-corrected chi connectivity index (χ4v) is 5.03. The molecular formula is C20H22BrN3O4S. The van der Waals surface area contributed by atoms with Crippen LogP contribution >= 0.6 is 15.9 Å². The summed E-state index contributed by atoms with van der Waals surface area (Å²) in [5, 5.41) is 0. The normalized spacial score (nSPS) is 14.5. The molecule has 1 fully saturated rings. The van der Waals surface area contributed by atoms with Crippen LogP contribution in [0.3, 0.4) is 0 Å². The summed E-state index contributed by atoms with van der Waals surface area (Å²) < 4.78 is 27.4. The predicted molar refractivity (Wildman–Crippen MR) is 113 cm³/mol. The van der Waals surface area contributed by atoms with Crippen LogP contribution in [-0.2, 0) is 21.2 Å². The summed E-state index contributed by atoms with van der Waals surface area (Å²) in [5.74, 6) is -0.822. The summed E-state index contributed by atoms with van der Waals surface area (Å²) >= 11 is 3.38. The molecule has 154 valence electrons. The summed E-state index contributed by atoms with van der Waals surface area (Å²) in [6.07, 6.45) is 2.50. The molecule has 2 aromatic rings. The van der Waals surface area contributed by atoms with E-state index in [2.05, 4.69) is 26.8 Å². The number of benzene rings is 2. The van der Waals surface area contributed by atoms with Crippen molar-refractivity contribution >= 4 is 37.8 Å². The Balaban J connectivity index is 1.51. The van der Waals surface area contributed by atoms with Crippen molar-refractivity contribution < 1.29 is 18.0 Å². The Morgan fingerprint density at radius 2 is 1.69 bits per heavy atom. The van der Waals surface area contributed by atoms with Crippen molar-refractivity contribution in [1.82, 2.24) is 15.2 Å². The second-order valence-electron chi connectivity index (χ2n) is 6.77. The summed E-state index contributed by atoms with van der Waals surface area (Å²) in [5.41, 5.74) is 6.00. The summed E-state index contributed by atoms with van der Waals surface area (Å²) in [4.78, 5) is 24.3. The minimum Gasteiger partial charge on any atom is -0.273 e. The second kappa shape index (κ2) is 9.51. The second-order valence-corrected chi connectivity index (χ2v) is 9.62. The molecule has 7 nitrogen and oxygen atoms in total. The van der Waals surface area contributed by atoms with Gasteiger partial charge in [0.1, 0.15) is 0 Å². The van der Waals surface area contributed by atoms with Crippen molar-refractivity contribution in [2.24, 2.45) is 0 Å². The Morgan fingerprint density at radius 1 is 1.00 bits per heavy atom. The van der Waals surface area contributed by atoms with Gasteiger partial charge in [-0.05, 0) is 61.2 Å². The molecule has 0 saturated carbocycles. The van der Waals surface area contributed by atoms with E-state index in [1.807, 2.05) is 24.3 Å². The molecule has 3 rings (SSSR count). The maximum absolute atomic E-state index is 12.5. The highest BCUT2D eigenvalue weighted by Gasteiger charge is 2.27. The minimum atomic E-state index is -3.52. The van der Waals surface area contributed by atoms with E-state index in [0.29, 0.717) is 19.5 Å². The van der Waals surface area contributed by atoms with Crippen molar-refractivity contribution in [1.29, 1.82) is 0 Å². The number of sulfonamides is 1. The zero-order valence-electron chi connectivity index (χ0n) is 15.7. The first-order valence-corrected chi connectivity index (χ1v) is 11.5. The number of aryl methyl sites for hydroxylation is 1. The van der Waals surface area contributed by atoms with Crippen LogP contribution in [0.1, 0.15) is 35.2 Å². The lowest BCUT2D eigenvalue weighted by Gasteiger charge is -2.15. The van der Waals surface area contributed by atoms with Crippen LogP contribution in [0.15, 0.2) is 57.9 Å². The molecule has 1 aliphatic rings. The smallest absolute Gasteiger partial charge is 0.269 e. The summed E-state index contributed by atoms with van der Waals surface area (Å²) in [6.45, 7) is 1.05. The minimum absolute atomic E-state index is 0.161. The Morgan fingerprint density at radius 3 is 2.34 bits per heavy atom. The Kier molecular flexibility index (Phi) is 7.05. The van der Waals surface area contributed by atoms with Gasteiger partial charge in [-0.25, -0.2) is 8.42 Å². The van der Waals surface area contributed by atoms with Gasteiger partial charge >= 0.3 is 0 Å². The lowest BCUT2D eigenvalue weighted by Crippen LogP contribution is -2.41. The molecule has 0 unspecified atom stereocenters. The maximum atomic E-state index is 12.5. The van der Waals surface area contributed by atoms with Gasteiger partial charge in [0.15, 0.2) is 0 Å². The molecule has 1 saturated heterocycles. The fourth-order valence-electron chi connectivity index (χ4n) is 3.07. The van der Waals surface area contributed by atoms with Gasteiger partial charge in [0.05, 0.1) is 4.90 Å². The van der Waals surface area contributed by atoms with Crippen molar-refractivity contribution in [2.45, 2.75) is 30.6 Å². The van der Waals surface area contributed by atoms with Gasteiger partial charge in [-0.15, -0.1) is 0 Å². The van der Waals surface area contributed by atoms with Crippen LogP contribution in [-0.4, -0.2) is 37.6 Å². The first kappa shape index (κ1) is 21.5. The van der Waals surface area contributed by atoms with E-state index in [1.54, 1.807) is 0 Å². The molecule has 0 aromatic heterocycles. The van der Waals surface area contributed by atoms with Crippen LogP contribution < -0.4 is 10.9 Å². The first-order chi connectivity index (χ1) is 13.9. The summed E-state index contributed by atoms with van der Waals surface area (Å²) in [7, 11) is -3.52. The third-order valence-electron chi connectivity index (χ3n) is 4.66. The van der Waals surface area contributed by atoms with Gasteiger partial charge in [0.25, 0.3) is 5.91 Å². The number of nitrogens with one attached hydrogen (secondary N) is 2. The molecule has 0 aliphatic carbocycles. The van der Waals surface area contributed by atoms with Crippen molar-refractivity contribution in [3.8, 4) is 0 Å². The lowest BCUT2D eigenvalue weighted by atomic mass is 10.1. The average molecular weight is 480 g/mol. The van der Waals surface area contributed by atoms with Crippen LogP contribution in [0, 0.1) is 0 Å². The molecule has 0 bridgehead atoms. The molecule has 9 heteroatoms. The number of hydrazine groups is 1. The molecule has 1 aliphatic heterocycles. The van der Waals surface area contributed by atoms with Crippen LogP contribution in [0.5, 0.6) is 0 Å². The van der Waals surface area contributed by atoms with E-state index in [9.17, 15) is 18.0 Å². The van der Waals surface area contributed by atoms with E-state index >= 15 is 0 Å². The number of amides is 2.